The molecule has 1 saturated heterocycles. The van der Waals surface area contributed by atoms with E-state index in [-0.39, 0.29) is 24.1 Å². The Morgan fingerprint density at radius 3 is 3.00 bits per heavy atom. The molecule has 1 N–H and O–H groups in total. The standard InChI is InChI=1S/C23H29NO5/c1-2-5-16-12-22(26)29-20-13-18(7-8-19(16)20)28-15-21(25)24-11-10-23(27)9-4-3-6-17(23)14-24/h7-8,12-13,17,27H,2-6,9-11,14-15H2,1H3. The number of fused-ring (bicyclic) bond motifs is 2. The number of hydrogen-bond donors (Lipinski definition) is 1. The highest BCUT2D eigenvalue weighted by Crippen LogP contribution is 2.39. The van der Waals surface area contributed by atoms with Crippen molar-refractivity contribution in [2.24, 2.45) is 5.92 Å². The quantitative estimate of drug-likeness (QED) is 0.781. The minimum absolute atomic E-state index is 0.0600. The molecule has 4 rings (SSSR count). The monoisotopic (exact) mass is 399 g/mol. The van der Waals surface area contributed by atoms with Crippen molar-refractivity contribution in [3.05, 3.63) is 40.2 Å². The van der Waals surface area contributed by atoms with Crippen molar-refractivity contribution in [1.82, 2.24) is 4.90 Å². The number of likely N-dealkylation sites (tertiary alicyclic amines) is 1. The molecule has 1 amide bonds. The molecule has 2 fully saturated rings. The summed E-state index contributed by atoms with van der Waals surface area (Å²) in [5.41, 5.74) is 0.482. The van der Waals surface area contributed by atoms with E-state index in [1.807, 2.05) is 17.0 Å². The zero-order chi connectivity index (χ0) is 20.4. The summed E-state index contributed by atoms with van der Waals surface area (Å²) in [6.45, 7) is 3.18. The van der Waals surface area contributed by atoms with Crippen LogP contribution in [0.5, 0.6) is 5.75 Å². The third kappa shape index (κ3) is 4.17. The maximum absolute atomic E-state index is 12.7. The van der Waals surface area contributed by atoms with Crippen LogP contribution in [0.1, 0.15) is 51.0 Å². The fourth-order valence-electron chi connectivity index (χ4n) is 4.81. The number of nitrogens with zero attached hydrogens (tertiary/aromatic N) is 1. The number of rotatable bonds is 5. The predicted molar refractivity (Wildman–Crippen MR) is 110 cm³/mol. The van der Waals surface area contributed by atoms with Crippen molar-refractivity contribution in [3.8, 4) is 5.75 Å². The fourth-order valence-corrected chi connectivity index (χ4v) is 4.81. The molecule has 1 saturated carbocycles. The Morgan fingerprint density at radius 2 is 2.17 bits per heavy atom. The molecule has 156 valence electrons. The molecule has 0 spiro atoms. The van der Waals surface area contributed by atoms with Crippen molar-refractivity contribution in [2.45, 2.75) is 57.5 Å². The number of amides is 1. The van der Waals surface area contributed by atoms with Crippen LogP contribution in [0, 0.1) is 5.92 Å². The number of aryl methyl sites for hydroxylation is 1. The zero-order valence-corrected chi connectivity index (χ0v) is 17.0. The highest BCUT2D eigenvalue weighted by Gasteiger charge is 2.43. The lowest BCUT2D eigenvalue weighted by Crippen LogP contribution is -2.55. The lowest BCUT2D eigenvalue weighted by Gasteiger charge is -2.47. The predicted octanol–water partition coefficient (Wildman–Crippen LogP) is 3.28. The molecule has 1 aliphatic heterocycles. The number of benzene rings is 1. The third-order valence-electron chi connectivity index (χ3n) is 6.46. The zero-order valence-electron chi connectivity index (χ0n) is 17.0. The lowest BCUT2D eigenvalue weighted by molar-refractivity contribution is -0.145. The van der Waals surface area contributed by atoms with Crippen LogP contribution >= 0.6 is 0 Å². The van der Waals surface area contributed by atoms with Gasteiger partial charge in [0.2, 0.25) is 0 Å². The normalized spacial score (nSPS) is 24.3. The van der Waals surface area contributed by atoms with E-state index >= 15 is 0 Å². The Hall–Kier alpha value is -2.34. The number of aliphatic hydroxyl groups is 1. The summed E-state index contributed by atoms with van der Waals surface area (Å²) in [5.74, 6) is 0.605. The second-order valence-corrected chi connectivity index (χ2v) is 8.42. The van der Waals surface area contributed by atoms with Crippen molar-refractivity contribution < 1.29 is 19.1 Å². The molecule has 2 aromatic rings. The lowest BCUT2D eigenvalue weighted by atomic mass is 9.71. The van der Waals surface area contributed by atoms with E-state index in [2.05, 4.69) is 6.92 Å². The van der Waals surface area contributed by atoms with Gasteiger partial charge in [-0.05, 0) is 43.4 Å². The molecule has 6 heteroatoms. The van der Waals surface area contributed by atoms with Crippen LogP contribution in [0.15, 0.2) is 33.5 Å². The first-order valence-corrected chi connectivity index (χ1v) is 10.7. The summed E-state index contributed by atoms with van der Waals surface area (Å²) in [5, 5.41) is 11.7. The molecular formula is C23H29NO5. The van der Waals surface area contributed by atoms with Gasteiger partial charge >= 0.3 is 5.63 Å². The summed E-state index contributed by atoms with van der Waals surface area (Å²) in [6, 6.07) is 6.91. The number of ether oxygens (including phenoxy) is 1. The maximum Gasteiger partial charge on any atom is 0.336 e. The highest BCUT2D eigenvalue weighted by molar-refractivity contribution is 5.82. The van der Waals surface area contributed by atoms with Crippen LogP contribution in [0.4, 0.5) is 0 Å². The molecule has 2 atom stereocenters. The Balaban J connectivity index is 1.41. The summed E-state index contributed by atoms with van der Waals surface area (Å²) in [7, 11) is 0. The smallest absolute Gasteiger partial charge is 0.336 e. The fraction of sp³-hybridized carbons (Fsp3) is 0.565. The Morgan fingerprint density at radius 1 is 1.31 bits per heavy atom. The Kier molecular flexibility index (Phi) is 5.63. The van der Waals surface area contributed by atoms with Gasteiger partial charge in [-0.15, -0.1) is 0 Å². The summed E-state index contributed by atoms with van der Waals surface area (Å²) < 4.78 is 11.0. The number of piperidine rings is 1. The van der Waals surface area contributed by atoms with E-state index in [1.54, 1.807) is 12.1 Å². The summed E-state index contributed by atoms with van der Waals surface area (Å²) in [6.07, 6.45) is 6.41. The molecule has 6 nitrogen and oxygen atoms in total. The molecule has 29 heavy (non-hydrogen) atoms. The van der Waals surface area contributed by atoms with Gasteiger partial charge in [0.1, 0.15) is 11.3 Å². The second kappa shape index (κ2) is 8.19. The van der Waals surface area contributed by atoms with Crippen LogP contribution in [-0.2, 0) is 11.2 Å². The first-order chi connectivity index (χ1) is 14.0. The van der Waals surface area contributed by atoms with Crippen molar-refractivity contribution >= 4 is 16.9 Å². The van der Waals surface area contributed by atoms with Gasteiger partial charge < -0.3 is 19.2 Å². The number of hydrogen-bond acceptors (Lipinski definition) is 5. The van der Waals surface area contributed by atoms with Crippen LogP contribution in [-0.4, -0.2) is 41.2 Å². The van der Waals surface area contributed by atoms with Gasteiger partial charge in [-0.3, -0.25) is 4.79 Å². The van der Waals surface area contributed by atoms with E-state index in [0.717, 1.165) is 49.5 Å². The molecule has 0 radical (unpaired) electrons. The summed E-state index contributed by atoms with van der Waals surface area (Å²) in [4.78, 5) is 26.3. The van der Waals surface area contributed by atoms with E-state index in [1.165, 1.54) is 0 Å². The molecule has 2 unspecified atom stereocenters. The van der Waals surface area contributed by atoms with Gasteiger partial charge in [0.15, 0.2) is 6.61 Å². The van der Waals surface area contributed by atoms with Gasteiger partial charge in [-0.25, -0.2) is 4.79 Å². The summed E-state index contributed by atoms with van der Waals surface area (Å²) >= 11 is 0. The number of carbonyl (C=O) groups excluding carboxylic acids is 1. The van der Waals surface area contributed by atoms with Gasteiger partial charge in [-0.1, -0.05) is 26.2 Å². The first kappa shape index (κ1) is 20.0. The van der Waals surface area contributed by atoms with Gasteiger partial charge in [0, 0.05) is 36.5 Å². The van der Waals surface area contributed by atoms with Crippen LogP contribution in [0.3, 0.4) is 0 Å². The SMILES string of the molecule is CCCc1cc(=O)oc2cc(OCC(=O)N3CCC4(O)CCCCC4C3)ccc12. The van der Waals surface area contributed by atoms with Gasteiger partial charge in [0.25, 0.3) is 5.91 Å². The van der Waals surface area contributed by atoms with E-state index in [0.29, 0.717) is 30.8 Å². The van der Waals surface area contributed by atoms with Gasteiger partial charge in [0.05, 0.1) is 5.60 Å². The third-order valence-corrected chi connectivity index (χ3v) is 6.46. The highest BCUT2D eigenvalue weighted by atomic mass is 16.5. The molecule has 2 heterocycles. The Bertz CT molecular complexity index is 952. The van der Waals surface area contributed by atoms with Crippen molar-refractivity contribution in [3.63, 3.8) is 0 Å². The topological polar surface area (TPSA) is 80.0 Å². The van der Waals surface area contributed by atoms with E-state index < -0.39 is 5.60 Å². The minimum atomic E-state index is -0.595. The average Bonchev–Trinajstić information content (AvgIpc) is 2.71. The van der Waals surface area contributed by atoms with E-state index in [4.69, 9.17) is 9.15 Å². The Labute approximate surface area is 170 Å². The van der Waals surface area contributed by atoms with Crippen molar-refractivity contribution in [2.75, 3.05) is 19.7 Å². The minimum Gasteiger partial charge on any atom is -0.484 e. The maximum atomic E-state index is 12.7. The average molecular weight is 399 g/mol. The van der Waals surface area contributed by atoms with Gasteiger partial charge in [-0.2, -0.15) is 0 Å². The van der Waals surface area contributed by atoms with Crippen LogP contribution < -0.4 is 10.4 Å². The molecule has 0 bridgehead atoms. The van der Waals surface area contributed by atoms with Crippen LogP contribution in [0.2, 0.25) is 0 Å². The molecule has 2 aliphatic rings. The molecule has 1 aliphatic carbocycles. The number of carbonyl (C=O) groups is 1. The molecule has 1 aromatic carbocycles. The van der Waals surface area contributed by atoms with Crippen LogP contribution in [0.25, 0.3) is 11.0 Å². The molecule has 1 aromatic heterocycles. The largest absolute Gasteiger partial charge is 0.484 e. The van der Waals surface area contributed by atoms with E-state index in [9.17, 15) is 14.7 Å². The second-order valence-electron chi connectivity index (χ2n) is 8.42. The van der Waals surface area contributed by atoms with Crippen molar-refractivity contribution in [1.29, 1.82) is 0 Å². The molecular weight excluding hydrogens is 370 g/mol. The first-order valence-electron chi connectivity index (χ1n) is 10.7.